The molecule has 0 bridgehead atoms. The molecule has 7 rings (SSSR count). The average Bonchev–Trinajstić information content (AvgIpc) is 3.55. The van der Waals surface area contributed by atoms with Crippen molar-refractivity contribution in [3.05, 3.63) is 41.2 Å². The molecule has 2 N–H and O–H groups in total. The summed E-state index contributed by atoms with van der Waals surface area (Å²) in [6.07, 6.45) is 4.19. The number of aromatic amines is 1. The van der Waals surface area contributed by atoms with E-state index in [2.05, 4.69) is 25.8 Å². The Morgan fingerprint density at radius 3 is 2.76 bits per heavy atom. The fourth-order valence-corrected chi connectivity index (χ4v) is 7.42. The van der Waals surface area contributed by atoms with Gasteiger partial charge >= 0.3 is 0 Å². The Balaban J connectivity index is 1.24. The van der Waals surface area contributed by atoms with Crippen LogP contribution in [0.4, 0.5) is 10.2 Å². The summed E-state index contributed by atoms with van der Waals surface area (Å²) in [5.74, 6) is 1.25. The number of aliphatic hydroxyl groups excluding tert-OH is 1. The first-order chi connectivity index (χ1) is 18.7. The lowest BCUT2D eigenvalue weighted by Gasteiger charge is -2.47. The first-order valence-electron chi connectivity index (χ1n) is 13.6. The predicted octanol–water partition coefficient (Wildman–Crippen LogP) is 3.70. The van der Waals surface area contributed by atoms with E-state index in [0.29, 0.717) is 36.6 Å². The van der Waals surface area contributed by atoms with Gasteiger partial charge in [-0.15, -0.1) is 11.3 Å². The largest absolute Gasteiger partial charge is 0.396 e. The van der Waals surface area contributed by atoms with Crippen LogP contribution in [0.15, 0.2) is 30.5 Å². The van der Waals surface area contributed by atoms with Gasteiger partial charge in [-0.25, -0.2) is 14.4 Å². The molecule has 3 aromatic heterocycles. The summed E-state index contributed by atoms with van der Waals surface area (Å²) in [7, 11) is 0. The van der Waals surface area contributed by atoms with E-state index >= 15 is 4.39 Å². The summed E-state index contributed by atoms with van der Waals surface area (Å²) in [5, 5.41) is 10.9. The molecule has 4 aromatic rings. The van der Waals surface area contributed by atoms with Crippen LogP contribution in [0.25, 0.3) is 32.5 Å². The van der Waals surface area contributed by atoms with Gasteiger partial charge in [0, 0.05) is 73.3 Å². The summed E-state index contributed by atoms with van der Waals surface area (Å²) in [6, 6.07) is 7.77. The van der Waals surface area contributed by atoms with Crippen molar-refractivity contribution in [2.45, 2.75) is 25.4 Å². The van der Waals surface area contributed by atoms with Gasteiger partial charge in [-0.3, -0.25) is 9.80 Å². The van der Waals surface area contributed by atoms with Crippen molar-refractivity contribution in [2.75, 3.05) is 64.0 Å². The zero-order chi connectivity index (χ0) is 25.6. The van der Waals surface area contributed by atoms with Crippen molar-refractivity contribution in [2.24, 2.45) is 5.92 Å². The number of ether oxygens (including phenoxy) is 1. The highest BCUT2D eigenvalue weighted by Crippen LogP contribution is 2.38. The molecule has 38 heavy (non-hydrogen) atoms. The van der Waals surface area contributed by atoms with E-state index in [1.807, 2.05) is 12.3 Å². The second kappa shape index (κ2) is 10.2. The summed E-state index contributed by atoms with van der Waals surface area (Å²) in [5.41, 5.74) is 2.16. The van der Waals surface area contributed by atoms with Crippen molar-refractivity contribution in [1.29, 1.82) is 0 Å². The Kier molecular flexibility index (Phi) is 6.53. The molecule has 0 unspecified atom stereocenters. The molecule has 3 aliphatic heterocycles. The molecule has 0 saturated carbocycles. The maximum Gasteiger partial charge on any atom is 0.165 e. The van der Waals surface area contributed by atoms with Gasteiger partial charge in [0.25, 0.3) is 0 Å². The highest BCUT2D eigenvalue weighted by atomic mass is 32.1. The van der Waals surface area contributed by atoms with E-state index in [1.165, 1.54) is 30.5 Å². The van der Waals surface area contributed by atoms with Gasteiger partial charge in [-0.05, 0) is 50.2 Å². The van der Waals surface area contributed by atoms with Crippen molar-refractivity contribution in [1.82, 2.24) is 24.8 Å². The number of anilines is 1. The zero-order valence-electron chi connectivity index (χ0n) is 21.4. The number of hydrogen-bond acceptors (Lipinski definition) is 8. The minimum absolute atomic E-state index is 0.233. The van der Waals surface area contributed by atoms with Crippen LogP contribution in [0.5, 0.6) is 0 Å². The lowest BCUT2D eigenvalue weighted by molar-refractivity contribution is -0.00293. The minimum Gasteiger partial charge on any atom is -0.396 e. The number of nitrogens with zero attached hydrogens (tertiary/aromatic N) is 5. The first-order valence-corrected chi connectivity index (χ1v) is 14.5. The van der Waals surface area contributed by atoms with Crippen molar-refractivity contribution >= 4 is 38.3 Å². The molecule has 200 valence electrons. The van der Waals surface area contributed by atoms with Crippen LogP contribution >= 0.6 is 11.3 Å². The molecular weight excluding hydrogens is 503 g/mol. The van der Waals surface area contributed by atoms with Crippen LogP contribution < -0.4 is 4.90 Å². The Morgan fingerprint density at radius 2 is 1.97 bits per heavy atom. The number of halogens is 1. The van der Waals surface area contributed by atoms with Crippen molar-refractivity contribution in [3.63, 3.8) is 0 Å². The quantitative estimate of drug-likeness (QED) is 0.389. The van der Waals surface area contributed by atoms with Crippen LogP contribution in [0.2, 0.25) is 0 Å². The predicted molar refractivity (Wildman–Crippen MR) is 148 cm³/mol. The second-order valence-electron chi connectivity index (χ2n) is 10.7. The van der Waals surface area contributed by atoms with E-state index in [9.17, 15) is 5.11 Å². The molecule has 0 spiro atoms. The molecule has 0 amide bonds. The van der Waals surface area contributed by atoms with Crippen molar-refractivity contribution < 1.29 is 14.2 Å². The van der Waals surface area contributed by atoms with Crippen LogP contribution in [0, 0.1) is 11.7 Å². The molecule has 3 saturated heterocycles. The summed E-state index contributed by atoms with van der Waals surface area (Å²) < 4.78 is 21.8. The Morgan fingerprint density at radius 1 is 1.11 bits per heavy atom. The number of aliphatic hydroxyl groups is 1. The topological polar surface area (TPSA) is 80.7 Å². The number of thiophene rings is 1. The Bertz CT molecular complexity index is 1450. The van der Waals surface area contributed by atoms with Gasteiger partial charge in [0.15, 0.2) is 11.6 Å². The van der Waals surface area contributed by atoms with E-state index < -0.39 is 0 Å². The van der Waals surface area contributed by atoms with Gasteiger partial charge in [-0.2, -0.15) is 0 Å². The maximum atomic E-state index is 15.2. The number of H-pyrrole nitrogens is 1. The second-order valence-corrected chi connectivity index (χ2v) is 11.8. The number of aromatic nitrogens is 3. The number of nitrogens with one attached hydrogen (secondary N) is 1. The molecule has 1 aromatic carbocycles. The van der Waals surface area contributed by atoms with E-state index in [-0.39, 0.29) is 12.4 Å². The SMILES string of the molecule is OC[C@H]1CN(Cc2cc3nc(-c4c(F)ccc5[nH]ccc45)nc(N4CCOCC4)c3s2)CC[C@@H]1N1CCC1. The van der Waals surface area contributed by atoms with Crippen LogP contribution in [-0.2, 0) is 11.3 Å². The monoisotopic (exact) mass is 536 g/mol. The van der Waals surface area contributed by atoms with Gasteiger partial charge in [0.2, 0.25) is 0 Å². The van der Waals surface area contributed by atoms with E-state index in [4.69, 9.17) is 14.7 Å². The van der Waals surface area contributed by atoms with Gasteiger partial charge < -0.3 is 19.7 Å². The number of fused-ring (bicyclic) bond motifs is 2. The number of benzene rings is 1. The molecule has 2 atom stereocenters. The van der Waals surface area contributed by atoms with Crippen LogP contribution in [-0.4, -0.2) is 95.0 Å². The summed E-state index contributed by atoms with van der Waals surface area (Å²) >= 11 is 1.73. The summed E-state index contributed by atoms with van der Waals surface area (Å²) in [4.78, 5) is 21.5. The highest BCUT2D eigenvalue weighted by molar-refractivity contribution is 7.19. The molecule has 0 radical (unpaired) electrons. The molecular formula is C28H33FN6O2S. The van der Waals surface area contributed by atoms with E-state index in [0.717, 1.165) is 66.1 Å². The van der Waals surface area contributed by atoms with Crippen molar-refractivity contribution in [3.8, 4) is 11.4 Å². The zero-order valence-corrected chi connectivity index (χ0v) is 22.2. The van der Waals surface area contributed by atoms with Crippen LogP contribution in [0.1, 0.15) is 17.7 Å². The third-order valence-electron chi connectivity index (χ3n) is 8.37. The Hall–Kier alpha value is -2.63. The third-order valence-corrected chi connectivity index (χ3v) is 9.48. The van der Waals surface area contributed by atoms with Gasteiger partial charge in [0.1, 0.15) is 5.82 Å². The van der Waals surface area contributed by atoms with Gasteiger partial charge in [0.05, 0.1) is 29.0 Å². The fourth-order valence-electron chi connectivity index (χ4n) is 6.27. The fraction of sp³-hybridized carbons (Fsp3) is 0.500. The van der Waals surface area contributed by atoms with E-state index in [1.54, 1.807) is 17.4 Å². The smallest absolute Gasteiger partial charge is 0.165 e. The molecule has 10 heteroatoms. The van der Waals surface area contributed by atoms with Gasteiger partial charge in [-0.1, -0.05) is 0 Å². The standard InChI is InChI=1S/C28H33FN6O2S/c29-21-2-3-22-20(4-6-30-22)25(21)27-31-23-14-19(38-26(23)28(32-27)35-10-12-37-13-11-35)16-33-9-5-24(18(15-33)17-36)34-7-1-8-34/h2-4,6,14,18,24,30,36H,1,5,7-13,15-17H2/t18-,24+/m1/s1. The average molecular weight is 537 g/mol. The number of hydrogen-bond donors (Lipinski definition) is 2. The maximum absolute atomic E-state index is 15.2. The minimum atomic E-state index is -0.319. The first kappa shape index (κ1) is 24.4. The molecule has 0 aliphatic carbocycles. The molecule has 8 nitrogen and oxygen atoms in total. The highest BCUT2D eigenvalue weighted by Gasteiger charge is 2.35. The lowest BCUT2D eigenvalue weighted by atomic mass is 9.89. The number of likely N-dealkylation sites (tertiary alicyclic amines) is 2. The normalized spacial score (nSPS) is 23.4. The number of piperidine rings is 1. The lowest BCUT2D eigenvalue weighted by Crippen LogP contribution is -2.55. The molecule has 3 fully saturated rings. The summed E-state index contributed by atoms with van der Waals surface area (Å²) in [6.45, 7) is 8.11. The molecule has 6 heterocycles. The third kappa shape index (κ3) is 4.38. The number of rotatable bonds is 6. The molecule has 3 aliphatic rings. The van der Waals surface area contributed by atoms with Crippen LogP contribution in [0.3, 0.4) is 0 Å². The number of morpholine rings is 1. The Labute approximate surface area is 225 Å².